The molecular weight excluding hydrogens is 720 g/mol. The van der Waals surface area contributed by atoms with Crippen LogP contribution in [0.3, 0.4) is 0 Å². The Kier molecular flexibility index (Phi) is 11.3. The molecule has 296 valence electrons. The van der Waals surface area contributed by atoms with Crippen LogP contribution in [0.5, 0.6) is 0 Å². The van der Waals surface area contributed by atoms with Crippen LogP contribution >= 0.6 is 0 Å². The molecule has 2 aliphatic carbocycles. The number of nitrogens with zero attached hydrogens (tertiary/aromatic N) is 4. The standard InChI is InChI=1S/C22H25N5O.C16H13FN4O.C6H13N/c1-13-21(25-14-6-3-2-4-7-14)27-20-15(8-5-9-18(20)24-13)19-12-16-17(26-19)10-11-23-22(16)28;1-8-15(17)21-14-9(3-2-4-12(14)19-8)13-7-10-11(20-13)5-6-18-16(10)22;7-6-4-2-1-3-5-6/h5,8-9,12,14,26H,2-4,6-7,10-11H2,1H3,(H,23,28)(H,25,27);2-4,7,20H,5-6H2,1H3,(H,18,22);6H,1-5,7H2. The lowest BCUT2D eigenvalue weighted by molar-refractivity contribution is 0.0937. The molecule has 13 heteroatoms. The van der Waals surface area contributed by atoms with Gasteiger partial charge >= 0.3 is 0 Å². The van der Waals surface area contributed by atoms with E-state index in [9.17, 15) is 14.0 Å². The zero-order valence-electron chi connectivity index (χ0n) is 32.7. The van der Waals surface area contributed by atoms with Gasteiger partial charge in [0.1, 0.15) is 16.9 Å². The van der Waals surface area contributed by atoms with Crippen LogP contribution in [0, 0.1) is 19.8 Å². The van der Waals surface area contributed by atoms with Gasteiger partial charge in [0.2, 0.25) is 5.95 Å². The Hall–Kier alpha value is -5.69. The van der Waals surface area contributed by atoms with E-state index in [1.807, 2.05) is 43.3 Å². The minimum atomic E-state index is -0.575. The molecule has 4 aliphatic rings. The van der Waals surface area contributed by atoms with E-state index < -0.39 is 5.95 Å². The minimum absolute atomic E-state index is 0.00873. The molecule has 2 aromatic carbocycles. The molecule has 0 radical (unpaired) electrons. The Morgan fingerprint density at radius 3 is 1.67 bits per heavy atom. The fourth-order valence-electron chi connectivity index (χ4n) is 8.33. The van der Waals surface area contributed by atoms with Crippen LogP contribution in [0.25, 0.3) is 44.6 Å². The number of benzene rings is 2. The number of nitrogens with one attached hydrogen (secondary N) is 5. The van der Waals surface area contributed by atoms with Crippen molar-refractivity contribution in [3.63, 3.8) is 0 Å². The summed E-state index contributed by atoms with van der Waals surface area (Å²) >= 11 is 0. The summed E-state index contributed by atoms with van der Waals surface area (Å²) in [7, 11) is 0. The summed E-state index contributed by atoms with van der Waals surface area (Å²) in [5.74, 6) is 0.206. The Labute approximate surface area is 331 Å². The minimum Gasteiger partial charge on any atom is -0.366 e. The predicted octanol–water partition coefficient (Wildman–Crippen LogP) is 7.60. The van der Waals surface area contributed by atoms with Crippen LogP contribution < -0.4 is 21.7 Å². The third-order valence-corrected chi connectivity index (χ3v) is 11.5. The summed E-state index contributed by atoms with van der Waals surface area (Å²) < 4.78 is 13.8. The number of H-pyrrole nitrogens is 2. The third kappa shape index (κ3) is 8.39. The molecule has 6 heterocycles. The first-order valence-corrected chi connectivity index (χ1v) is 20.4. The van der Waals surface area contributed by atoms with Crippen molar-refractivity contribution in [2.24, 2.45) is 5.73 Å². The molecule has 0 saturated heterocycles. The summed E-state index contributed by atoms with van der Waals surface area (Å²) in [4.78, 5) is 48.7. The summed E-state index contributed by atoms with van der Waals surface area (Å²) in [6, 6.07) is 16.3. The van der Waals surface area contributed by atoms with Gasteiger partial charge in [-0.25, -0.2) is 19.9 Å². The Balaban J connectivity index is 0.000000139. The third-order valence-electron chi connectivity index (χ3n) is 11.5. The molecular formula is C44H51FN10O2. The number of carbonyl (C=O) groups excluding carboxylic acids is 2. The monoisotopic (exact) mass is 770 g/mol. The molecule has 12 nitrogen and oxygen atoms in total. The number of para-hydroxylation sites is 2. The second-order valence-corrected chi connectivity index (χ2v) is 15.6. The average molecular weight is 771 g/mol. The first kappa shape index (κ1) is 38.2. The van der Waals surface area contributed by atoms with Crippen LogP contribution in [-0.2, 0) is 12.8 Å². The van der Waals surface area contributed by atoms with Crippen molar-refractivity contribution in [3.8, 4) is 22.5 Å². The number of halogens is 1. The second-order valence-electron chi connectivity index (χ2n) is 15.6. The van der Waals surface area contributed by atoms with Gasteiger partial charge in [0, 0.05) is 71.9 Å². The number of aromatic amines is 2. The number of amides is 2. The van der Waals surface area contributed by atoms with Crippen LogP contribution in [0.2, 0.25) is 0 Å². The predicted molar refractivity (Wildman–Crippen MR) is 222 cm³/mol. The lowest BCUT2D eigenvalue weighted by atomic mass is 9.95. The first-order valence-electron chi connectivity index (χ1n) is 20.4. The molecule has 57 heavy (non-hydrogen) atoms. The van der Waals surface area contributed by atoms with Crippen molar-refractivity contribution >= 4 is 39.7 Å². The zero-order chi connectivity index (χ0) is 39.5. The van der Waals surface area contributed by atoms with Crippen molar-refractivity contribution in [3.05, 3.63) is 88.4 Å². The van der Waals surface area contributed by atoms with E-state index in [0.29, 0.717) is 41.8 Å². The van der Waals surface area contributed by atoms with Gasteiger partial charge in [-0.05, 0) is 63.8 Å². The fourth-order valence-corrected chi connectivity index (χ4v) is 8.33. The molecule has 0 bridgehead atoms. The van der Waals surface area contributed by atoms with E-state index in [1.165, 1.54) is 64.2 Å². The van der Waals surface area contributed by atoms with Crippen LogP contribution in [0.1, 0.15) is 108 Å². The van der Waals surface area contributed by atoms with E-state index in [-0.39, 0.29) is 17.5 Å². The fraction of sp³-hybridized carbons (Fsp3) is 0.409. The van der Waals surface area contributed by atoms with E-state index in [4.69, 9.17) is 15.7 Å². The number of anilines is 1. The largest absolute Gasteiger partial charge is 0.366 e. The molecule has 7 N–H and O–H groups in total. The second kappa shape index (κ2) is 16.8. The van der Waals surface area contributed by atoms with Crippen molar-refractivity contribution in [1.82, 2.24) is 40.5 Å². The highest BCUT2D eigenvalue weighted by Gasteiger charge is 2.23. The maximum atomic E-state index is 13.8. The van der Waals surface area contributed by atoms with Crippen LogP contribution in [0.15, 0.2) is 48.5 Å². The van der Waals surface area contributed by atoms with E-state index in [2.05, 4.69) is 35.9 Å². The van der Waals surface area contributed by atoms with Crippen molar-refractivity contribution in [2.45, 2.75) is 103 Å². The Morgan fingerprint density at radius 1 is 0.649 bits per heavy atom. The zero-order valence-corrected chi connectivity index (χ0v) is 32.7. The highest BCUT2D eigenvalue weighted by Crippen LogP contribution is 2.32. The summed E-state index contributed by atoms with van der Waals surface area (Å²) in [5, 5.41) is 9.34. The molecule has 2 fully saturated rings. The highest BCUT2D eigenvalue weighted by atomic mass is 19.1. The molecule has 2 amide bonds. The maximum Gasteiger partial charge on any atom is 0.253 e. The number of hydrogen-bond acceptors (Lipinski definition) is 8. The molecule has 0 spiro atoms. The van der Waals surface area contributed by atoms with Gasteiger partial charge in [0.05, 0.1) is 33.5 Å². The lowest BCUT2D eigenvalue weighted by Crippen LogP contribution is -2.31. The quantitative estimate of drug-likeness (QED) is 0.106. The molecule has 10 rings (SSSR count). The smallest absolute Gasteiger partial charge is 0.253 e. The van der Waals surface area contributed by atoms with E-state index in [0.717, 1.165) is 74.9 Å². The number of aromatic nitrogens is 6. The molecule has 6 aromatic rings. The molecule has 0 atom stereocenters. The van der Waals surface area contributed by atoms with E-state index in [1.54, 1.807) is 19.1 Å². The number of rotatable bonds is 4. The molecule has 2 saturated carbocycles. The lowest BCUT2D eigenvalue weighted by Gasteiger charge is -2.24. The van der Waals surface area contributed by atoms with Gasteiger partial charge in [-0.2, -0.15) is 4.39 Å². The number of hydrogen-bond donors (Lipinski definition) is 6. The Bertz CT molecular complexity index is 2430. The molecule has 4 aromatic heterocycles. The normalized spacial score (nSPS) is 17.1. The van der Waals surface area contributed by atoms with Gasteiger partial charge < -0.3 is 31.7 Å². The van der Waals surface area contributed by atoms with Crippen molar-refractivity contribution in [1.29, 1.82) is 0 Å². The van der Waals surface area contributed by atoms with Crippen LogP contribution in [-0.4, -0.2) is 66.9 Å². The van der Waals surface area contributed by atoms with Gasteiger partial charge in [0.15, 0.2) is 0 Å². The number of aryl methyl sites for hydroxylation is 2. The van der Waals surface area contributed by atoms with E-state index >= 15 is 0 Å². The average Bonchev–Trinajstić information content (AvgIpc) is 3.86. The number of nitrogens with two attached hydrogens (primary N) is 1. The highest BCUT2D eigenvalue weighted by molar-refractivity contribution is 6.00. The van der Waals surface area contributed by atoms with Gasteiger partial charge in [0.25, 0.3) is 11.8 Å². The SMILES string of the molecule is Cc1nc2cccc(-c3cc4c([nH]3)CCNC4=O)c2nc1F.Cc1nc2cccc(-c3cc4c([nH]3)CCNC4=O)c2nc1NC1CCCCC1.NC1CCCCC1. The molecule has 0 unspecified atom stereocenters. The van der Waals surface area contributed by atoms with Crippen LogP contribution in [0.4, 0.5) is 10.2 Å². The topological polar surface area (TPSA) is 179 Å². The van der Waals surface area contributed by atoms with Gasteiger partial charge in [-0.3, -0.25) is 9.59 Å². The van der Waals surface area contributed by atoms with Gasteiger partial charge in [-0.1, -0.05) is 62.8 Å². The van der Waals surface area contributed by atoms with Crippen molar-refractivity contribution < 1.29 is 14.0 Å². The first-order chi connectivity index (χ1) is 27.7. The van der Waals surface area contributed by atoms with Gasteiger partial charge in [-0.15, -0.1) is 0 Å². The number of carbonyl (C=O) groups is 2. The molecule has 2 aliphatic heterocycles. The summed E-state index contributed by atoms with van der Waals surface area (Å²) in [6.07, 6.45) is 14.5. The maximum absolute atomic E-state index is 13.8. The number of fused-ring (bicyclic) bond motifs is 4. The summed E-state index contributed by atoms with van der Waals surface area (Å²) in [6.45, 7) is 4.90. The Morgan fingerprint density at radius 2 is 1.16 bits per heavy atom. The summed E-state index contributed by atoms with van der Waals surface area (Å²) in [5.41, 5.74) is 16.4. The van der Waals surface area contributed by atoms with Crippen molar-refractivity contribution in [2.75, 3.05) is 18.4 Å².